The van der Waals surface area contributed by atoms with Crippen molar-refractivity contribution in [3.63, 3.8) is 0 Å². The summed E-state index contributed by atoms with van der Waals surface area (Å²) in [6.07, 6.45) is -0.0345. The second-order valence-corrected chi connectivity index (χ2v) is 6.29. The molecule has 0 N–H and O–H groups in total. The molecular formula is C20H22ClNO5. The maximum atomic E-state index is 12.2. The molecule has 2 aromatic carbocycles. The molecule has 2 rings (SSSR count). The first-order valence-corrected chi connectivity index (χ1v) is 8.66. The van der Waals surface area contributed by atoms with Crippen molar-refractivity contribution >= 4 is 23.5 Å². The van der Waals surface area contributed by atoms with E-state index in [1.165, 1.54) is 12.0 Å². The second-order valence-electron chi connectivity index (χ2n) is 5.86. The Morgan fingerprint density at radius 3 is 2.37 bits per heavy atom. The van der Waals surface area contributed by atoms with Crippen molar-refractivity contribution < 1.29 is 23.8 Å². The molecule has 1 amide bonds. The average Bonchev–Trinajstić information content (AvgIpc) is 2.66. The summed E-state index contributed by atoms with van der Waals surface area (Å²) in [5, 5.41) is 0.492. The number of ether oxygens (including phenoxy) is 3. The number of hydrogen-bond acceptors (Lipinski definition) is 5. The van der Waals surface area contributed by atoms with Crippen molar-refractivity contribution in [1.29, 1.82) is 0 Å². The summed E-state index contributed by atoms with van der Waals surface area (Å²) in [7, 11) is 4.73. The third-order valence-electron chi connectivity index (χ3n) is 3.96. The maximum absolute atomic E-state index is 12.2. The zero-order valence-corrected chi connectivity index (χ0v) is 16.3. The molecule has 0 aliphatic heterocycles. The summed E-state index contributed by atoms with van der Waals surface area (Å²) in [5.74, 6) is 0.389. The summed E-state index contributed by atoms with van der Waals surface area (Å²) >= 11 is 5.95. The fourth-order valence-corrected chi connectivity index (χ4v) is 2.72. The molecule has 7 heteroatoms. The van der Waals surface area contributed by atoms with E-state index in [0.29, 0.717) is 28.6 Å². The van der Waals surface area contributed by atoms with Crippen LogP contribution in [-0.4, -0.2) is 44.7 Å². The highest BCUT2D eigenvalue weighted by molar-refractivity contribution is 6.30. The van der Waals surface area contributed by atoms with Gasteiger partial charge in [-0.1, -0.05) is 29.8 Å². The van der Waals surface area contributed by atoms with Crippen LogP contribution in [0.15, 0.2) is 42.5 Å². The van der Waals surface area contributed by atoms with E-state index in [1.807, 2.05) is 24.3 Å². The topological polar surface area (TPSA) is 65.1 Å². The van der Waals surface area contributed by atoms with Crippen molar-refractivity contribution in [2.24, 2.45) is 0 Å². The van der Waals surface area contributed by atoms with Crippen LogP contribution in [0.5, 0.6) is 11.5 Å². The fraction of sp³-hybridized carbons (Fsp3) is 0.300. The number of para-hydroxylation sites is 1. The van der Waals surface area contributed by atoms with Crippen LogP contribution in [0, 0.1) is 0 Å². The van der Waals surface area contributed by atoms with E-state index in [9.17, 15) is 9.59 Å². The molecule has 0 fully saturated rings. The minimum absolute atomic E-state index is 0.0345. The minimum atomic E-state index is -0.533. The van der Waals surface area contributed by atoms with Crippen LogP contribution in [-0.2, 0) is 27.3 Å². The Morgan fingerprint density at radius 1 is 1.00 bits per heavy atom. The van der Waals surface area contributed by atoms with Gasteiger partial charge in [0, 0.05) is 29.7 Å². The van der Waals surface area contributed by atoms with Gasteiger partial charge >= 0.3 is 5.97 Å². The van der Waals surface area contributed by atoms with Gasteiger partial charge in [-0.3, -0.25) is 9.59 Å². The minimum Gasteiger partial charge on any atom is -0.496 e. The Bertz CT molecular complexity index is 809. The highest BCUT2D eigenvalue weighted by atomic mass is 35.5. The zero-order chi connectivity index (χ0) is 19.8. The summed E-state index contributed by atoms with van der Waals surface area (Å²) in [6.45, 7) is 0.00980. The number of carbonyl (C=O) groups excluding carboxylic acids is 2. The van der Waals surface area contributed by atoms with Crippen molar-refractivity contribution in [1.82, 2.24) is 4.90 Å². The molecule has 6 nitrogen and oxygen atoms in total. The lowest BCUT2D eigenvalue weighted by Crippen LogP contribution is -2.31. The first-order chi connectivity index (χ1) is 12.9. The first-order valence-electron chi connectivity index (χ1n) is 8.28. The highest BCUT2D eigenvalue weighted by Gasteiger charge is 2.16. The number of esters is 1. The molecule has 0 saturated heterocycles. The standard InChI is InChI=1S/C20H22ClNO5/c1-22(12-14-6-4-5-7-17(14)25-2)19(23)13-27-20(24)11-15-10-16(21)8-9-18(15)26-3/h4-10H,11-13H2,1-3H3. The number of carbonyl (C=O) groups is 2. The Kier molecular flexibility index (Phi) is 7.49. The van der Waals surface area contributed by atoms with Gasteiger partial charge < -0.3 is 19.1 Å². The van der Waals surface area contributed by atoms with Gasteiger partial charge in [-0.05, 0) is 24.3 Å². The van der Waals surface area contributed by atoms with E-state index in [0.717, 1.165) is 5.56 Å². The molecule has 144 valence electrons. The number of likely N-dealkylation sites (N-methyl/N-ethyl adjacent to an activating group) is 1. The Balaban J connectivity index is 1.89. The number of benzene rings is 2. The molecule has 0 bridgehead atoms. The third-order valence-corrected chi connectivity index (χ3v) is 4.19. The number of rotatable bonds is 8. The van der Waals surface area contributed by atoms with E-state index < -0.39 is 5.97 Å². The van der Waals surface area contributed by atoms with E-state index >= 15 is 0 Å². The lowest BCUT2D eigenvalue weighted by atomic mass is 10.1. The van der Waals surface area contributed by atoms with Crippen molar-refractivity contribution in [3.8, 4) is 11.5 Å². The summed E-state index contributed by atoms with van der Waals surface area (Å²) in [5.41, 5.74) is 1.47. The molecule has 0 spiro atoms. The third kappa shape index (κ3) is 5.89. The maximum Gasteiger partial charge on any atom is 0.310 e. The molecule has 27 heavy (non-hydrogen) atoms. The summed E-state index contributed by atoms with van der Waals surface area (Å²) < 4.78 is 15.6. The van der Waals surface area contributed by atoms with E-state index in [4.69, 9.17) is 25.8 Å². The summed E-state index contributed by atoms with van der Waals surface area (Å²) in [4.78, 5) is 25.8. The van der Waals surface area contributed by atoms with Crippen LogP contribution in [0.25, 0.3) is 0 Å². The van der Waals surface area contributed by atoms with Crippen LogP contribution < -0.4 is 9.47 Å². The molecule has 2 aromatic rings. The predicted molar refractivity (Wildman–Crippen MR) is 102 cm³/mol. The van der Waals surface area contributed by atoms with Gasteiger partial charge in [-0.15, -0.1) is 0 Å². The number of halogens is 1. The van der Waals surface area contributed by atoms with Crippen molar-refractivity contribution in [2.45, 2.75) is 13.0 Å². The molecule has 0 heterocycles. The molecular weight excluding hydrogens is 370 g/mol. The largest absolute Gasteiger partial charge is 0.496 e. The van der Waals surface area contributed by atoms with Crippen molar-refractivity contribution in [3.05, 3.63) is 58.6 Å². The van der Waals surface area contributed by atoms with Gasteiger partial charge in [0.2, 0.25) is 0 Å². The molecule has 0 aliphatic carbocycles. The molecule has 0 aliphatic rings. The zero-order valence-electron chi connectivity index (χ0n) is 15.5. The van der Waals surface area contributed by atoms with Gasteiger partial charge in [0.15, 0.2) is 6.61 Å². The fourth-order valence-electron chi connectivity index (χ4n) is 2.52. The van der Waals surface area contributed by atoms with Crippen molar-refractivity contribution in [2.75, 3.05) is 27.9 Å². The van der Waals surface area contributed by atoms with Crippen LogP contribution in [0.4, 0.5) is 0 Å². The van der Waals surface area contributed by atoms with Gasteiger partial charge in [0.25, 0.3) is 5.91 Å². The lowest BCUT2D eigenvalue weighted by molar-refractivity contribution is -0.151. The normalized spacial score (nSPS) is 10.2. The molecule has 0 radical (unpaired) electrons. The van der Waals surface area contributed by atoms with Gasteiger partial charge in [-0.25, -0.2) is 0 Å². The van der Waals surface area contributed by atoms with E-state index in [1.54, 1.807) is 32.4 Å². The highest BCUT2D eigenvalue weighted by Crippen LogP contribution is 2.23. The van der Waals surface area contributed by atoms with Crippen LogP contribution >= 0.6 is 11.6 Å². The smallest absolute Gasteiger partial charge is 0.310 e. The van der Waals surface area contributed by atoms with Gasteiger partial charge in [-0.2, -0.15) is 0 Å². The number of methoxy groups -OCH3 is 2. The van der Waals surface area contributed by atoms with Gasteiger partial charge in [0.05, 0.1) is 20.6 Å². The van der Waals surface area contributed by atoms with Crippen LogP contribution in [0.3, 0.4) is 0 Å². The molecule has 0 atom stereocenters. The molecule has 0 aromatic heterocycles. The number of amides is 1. The first kappa shape index (κ1) is 20.6. The Morgan fingerprint density at radius 2 is 1.67 bits per heavy atom. The van der Waals surface area contributed by atoms with Gasteiger partial charge in [0.1, 0.15) is 11.5 Å². The lowest BCUT2D eigenvalue weighted by Gasteiger charge is -2.18. The van der Waals surface area contributed by atoms with E-state index in [2.05, 4.69) is 0 Å². The molecule has 0 saturated carbocycles. The van der Waals surface area contributed by atoms with E-state index in [-0.39, 0.29) is 18.9 Å². The second kappa shape index (κ2) is 9.83. The monoisotopic (exact) mass is 391 g/mol. The van der Waals surface area contributed by atoms with Crippen LogP contribution in [0.2, 0.25) is 5.02 Å². The predicted octanol–water partition coefficient (Wildman–Crippen LogP) is 3.10. The molecule has 0 unspecified atom stereocenters. The number of nitrogens with zero attached hydrogens (tertiary/aromatic N) is 1. The quantitative estimate of drug-likeness (QED) is 0.647. The Labute approximate surface area is 163 Å². The SMILES string of the molecule is COc1ccc(Cl)cc1CC(=O)OCC(=O)N(C)Cc1ccccc1OC. The number of hydrogen-bond donors (Lipinski definition) is 0. The Hall–Kier alpha value is -2.73. The average molecular weight is 392 g/mol. The van der Waals surface area contributed by atoms with Crippen LogP contribution in [0.1, 0.15) is 11.1 Å². The summed E-state index contributed by atoms with van der Waals surface area (Å²) in [6, 6.07) is 12.4.